The molecule has 4 rings (SSSR count). The number of amides is 1. The molecule has 0 radical (unpaired) electrons. The largest absolute Gasteiger partial charge is 0.493 e. The molecule has 1 amide bonds. The normalized spacial score (nSPS) is 13.3. The lowest BCUT2D eigenvalue weighted by molar-refractivity contribution is -0.118. The predicted octanol–water partition coefficient (Wildman–Crippen LogP) is 5.66. The van der Waals surface area contributed by atoms with Crippen molar-refractivity contribution in [3.63, 3.8) is 0 Å². The number of hydrogen-bond donors (Lipinski definition) is 1. The van der Waals surface area contributed by atoms with Crippen LogP contribution in [0.15, 0.2) is 60.7 Å². The fraction of sp³-hybridized carbons (Fsp3) is 0.231. The van der Waals surface area contributed by atoms with E-state index in [4.69, 9.17) is 44.9 Å². The second-order valence-corrected chi connectivity index (χ2v) is 9.29. The summed E-state index contributed by atoms with van der Waals surface area (Å²) in [7, 11) is 1.53. The van der Waals surface area contributed by atoms with Gasteiger partial charge >= 0.3 is 0 Å². The van der Waals surface area contributed by atoms with Crippen LogP contribution in [0.3, 0.4) is 0 Å². The highest BCUT2D eigenvalue weighted by molar-refractivity contribution is 7.80. The molecule has 1 saturated heterocycles. The van der Waals surface area contributed by atoms with Gasteiger partial charge in [0, 0.05) is 43.1 Å². The third kappa shape index (κ3) is 6.37. The van der Waals surface area contributed by atoms with Crippen molar-refractivity contribution in [3.05, 3.63) is 82.1 Å². The van der Waals surface area contributed by atoms with Gasteiger partial charge < -0.3 is 24.6 Å². The molecule has 0 aliphatic carbocycles. The van der Waals surface area contributed by atoms with Gasteiger partial charge in [-0.2, -0.15) is 0 Å². The zero-order chi connectivity index (χ0) is 25.7. The van der Waals surface area contributed by atoms with E-state index < -0.39 is 0 Å². The van der Waals surface area contributed by atoms with E-state index >= 15 is 0 Å². The van der Waals surface area contributed by atoms with Crippen LogP contribution in [0.25, 0.3) is 0 Å². The monoisotopic (exact) mass is 547 g/mol. The summed E-state index contributed by atoms with van der Waals surface area (Å²) in [4.78, 5) is 17.4. The first-order valence-electron chi connectivity index (χ1n) is 11.2. The minimum atomic E-state index is -0.353. The van der Waals surface area contributed by atoms with Crippen LogP contribution < -0.4 is 19.7 Å². The van der Waals surface area contributed by atoms with Gasteiger partial charge in [0.05, 0.1) is 17.2 Å². The lowest BCUT2D eigenvalue weighted by atomic mass is 10.1. The van der Waals surface area contributed by atoms with Crippen molar-refractivity contribution in [2.75, 3.05) is 50.1 Å². The molecule has 1 fully saturated rings. The van der Waals surface area contributed by atoms with Crippen molar-refractivity contribution in [2.24, 2.45) is 0 Å². The molecule has 0 spiro atoms. The van der Waals surface area contributed by atoms with E-state index in [1.807, 2.05) is 6.07 Å². The molecule has 0 saturated carbocycles. The number of rotatable bonds is 7. The topological polar surface area (TPSA) is 54.0 Å². The maximum Gasteiger partial charge on any atom is 0.262 e. The molecule has 0 atom stereocenters. The van der Waals surface area contributed by atoms with Gasteiger partial charge in [0.15, 0.2) is 18.1 Å². The zero-order valence-corrected chi connectivity index (χ0v) is 21.8. The number of thiocarbonyl (C=S) groups is 1. The number of nitrogens with zero attached hydrogens (tertiary/aromatic N) is 2. The molecular formula is C26H24Cl2FN3O3S. The van der Waals surface area contributed by atoms with Gasteiger partial charge in [-0.25, -0.2) is 4.39 Å². The second kappa shape index (κ2) is 11.8. The highest BCUT2D eigenvalue weighted by Gasteiger charge is 2.21. The van der Waals surface area contributed by atoms with E-state index in [0.717, 1.165) is 37.4 Å². The molecule has 1 N–H and O–H groups in total. The molecule has 0 aromatic heterocycles. The molecule has 3 aromatic rings. The lowest BCUT2D eigenvalue weighted by Crippen LogP contribution is -2.48. The Bertz CT molecular complexity index is 1250. The number of piperazine rings is 1. The van der Waals surface area contributed by atoms with Gasteiger partial charge in [-0.3, -0.25) is 4.79 Å². The number of methoxy groups -OCH3 is 1. The number of carbonyl (C=O) groups is 1. The summed E-state index contributed by atoms with van der Waals surface area (Å²) in [6.07, 6.45) is 0. The van der Waals surface area contributed by atoms with E-state index in [9.17, 15) is 9.18 Å². The third-order valence-electron chi connectivity index (χ3n) is 5.73. The lowest BCUT2D eigenvalue weighted by Gasteiger charge is -2.37. The molecule has 3 aromatic carbocycles. The Labute approximate surface area is 224 Å². The van der Waals surface area contributed by atoms with Crippen LogP contribution in [-0.2, 0) is 4.79 Å². The number of nitrogens with one attached hydrogen (secondary N) is 1. The van der Waals surface area contributed by atoms with Crippen LogP contribution in [0.2, 0.25) is 10.0 Å². The first kappa shape index (κ1) is 26.0. The van der Waals surface area contributed by atoms with Gasteiger partial charge in [0.2, 0.25) is 0 Å². The molecule has 1 heterocycles. The molecule has 1 aliphatic rings. The Kier molecular flexibility index (Phi) is 8.51. The molecule has 0 unspecified atom stereocenters. The highest BCUT2D eigenvalue weighted by atomic mass is 35.5. The highest BCUT2D eigenvalue weighted by Crippen LogP contribution is 2.30. The average molecular weight is 548 g/mol. The number of benzene rings is 3. The van der Waals surface area contributed by atoms with Crippen molar-refractivity contribution in [1.29, 1.82) is 0 Å². The van der Waals surface area contributed by atoms with Crippen molar-refractivity contribution in [1.82, 2.24) is 4.90 Å². The first-order chi connectivity index (χ1) is 17.3. The van der Waals surface area contributed by atoms with Crippen molar-refractivity contribution >= 4 is 57.7 Å². The minimum absolute atomic E-state index is 0.217. The van der Waals surface area contributed by atoms with Gasteiger partial charge in [-0.05, 0) is 60.7 Å². The van der Waals surface area contributed by atoms with Crippen LogP contribution >= 0.6 is 35.4 Å². The summed E-state index contributed by atoms with van der Waals surface area (Å²) in [6, 6.07) is 16.7. The summed E-state index contributed by atoms with van der Waals surface area (Å²) in [5.74, 6) is 0.303. The average Bonchev–Trinajstić information content (AvgIpc) is 2.89. The maximum atomic E-state index is 13.2. The number of anilines is 2. The Balaban J connectivity index is 1.33. The summed E-state index contributed by atoms with van der Waals surface area (Å²) in [6.45, 7) is 2.82. The van der Waals surface area contributed by atoms with Crippen LogP contribution in [0, 0.1) is 5.82 Å². The van der Waals surface area contributed by atoms with Crippen LogP contribution in [0.5, 0.6) is 11.5 Å². The molecule has 188 valence electrons. The smallest absolute Gasteiger partial charge is 0.262 e. The van der Waals surface area contributed by atoms with Gasteiger partial charge in [0.25, 0.3) is 5.91 Å². The van der Waals surface area contributed by atoms with E-state index in [1.54, 1.807) is 42.5 Å². The Morgan fingerprint density at radius 3 is 2.36 bits per heavy atom. The zero-order valence-electron chi connectivity index (χ0n) is 19.5. The van der Waals surface area contributed by atoms with E-state index in [0.29, 0.717) is 32.2 Å². The third-order valence-corrected chi connectivity index (χ3v) is 6.96. The van der Waals surface area contributed by atoms with E-state index in [2.05, 4.69) is 15.1 Å². The van der Waals surface area contributed by atoms with Crippen molar-refractivity contribution < 1.29 is 18.7 Å². The van der Waals surface area contributed by atoms with Gasteiger partial charge in [-0.15, -0.1) is 0 Å². The molecule has 6 nitrogen and oxygen atoms in total. The SMILES string of the molecule is COc1cc(C(=S)N2CCN(c3ccc(F)cc3)CC2)ccc1OCC(=O)Nc1ccc(Cl)c(Cl)c1. The van der Waals surface area contributed by atoms with E-state index in [-0.39, 0.29) is 18.3 Å². The summed E-state index contributed by atoms with van der Waals surface area (Å²) in [5.41, 5.74) is 2.34. The van der Waals surface area contributed by atoms with Gasteiger partial charge in [-0.1, -0.05) is 35.4 Å². The van der Waals surface area contributed by atoms with E-state index in [1.165, 1.54) is 19.2 Å². The maximum absolute atomic E-state index is 13.2. The first-order valence-corrected chi connectivity index (χ1v) is 12.4. The number of carbonyl (C=O) groups excluding carboxylic acids is 1. The number of hydrogen-bond acceptors (Lipinski definition) is 5. The standard InChI is InChI=1S/C26H24Cl2FN3O3S/c1-34-24-14-17(26(36)32-12-10-31(11-13-32)20-6-3-18(29)4-7-20)2-9-23(24)35-16-25(33)30-19-5-8-21(27)22(28)15-19/h2-9,14-15H,10-13,16H2,1H3,(H,30,33). The number of halogens is 3. The Hall–Kier alpha value is -3.07. The summed E-state index contributed by atoms with van der Waals surface area (Å²) < 4.78 is 24.4. The molecule has 10 heteroatoms. The summed E-state index contributed by atoms with van der Waals surface area (Å²) in [5, 5.41) is 3.46. The molecule has 1 aliphatic heterocycles. The molecular weight excluding hydrogens is 524 g/mol. The molecule has 36 heavy (non-hydrogen) atoms. The Morgan fingerprint density at radius 2 is 1.69 bits per heavy atom. The fourth-order valence-corrected chi connectivity index (χ4v) is 4.44. The predicted molar refractivity (Wildman–Crippen MR) is 145 cm³/mol. The van der Waals surface area contributed by atoms with Crippen molar-refractivity contribution in [2.45, 2.75) is 0 Å². The fourth-order valence-electron chi connectivity index (χ4n) is 3.84. The number of ether oxygens (including phenoxy) is 2. The van der Waals surface area contributed by atoms with Crippen LogP contribution in [0.4, 0.5) is 15.8 Å². The van der Waals surface area contributed by atoms with Crippen LogP contribution in [-0.4, -0.2) is 55.7 Å². The summed E-state index contributed by atoms with van der Waals surface area (Å²) >= 11 is 17.6. The molecule has 0 bridgehead atoms. The van der Waals surface area contributed by atoms with Crippen molar-refractivity contribution in [3.8, 4) is 11.5 Å². The van der Waals surface area contributed by atoms with Gasteiger partial charge in [0.1, 0.15) is 10.8 Å². The van der Waals surface area contributed by atoms with Crippen LogP contribution in [0.1, 0.15) is 5.56 Å². The quantitative estimate of drug-likeness (QED) is 0.385. The minimum Gasteiger partial charge on any atom is -0.493 e. The second-order valence-electron chi connectivity index (χ2n) is 8.09. The Morgan fingerprint density at radius 1 is 0.972 bits per heavy atom.